The maximum Gasteiger partial charge on any atom is 0.228 e. The summed E-state index contributed by atoms with van der Waals surface area (Å²) in [5.74, 6) is 1.79. The maximum absolute atomic E-state index is 8.68. The lowest BCUT2D eigenvalue weighted by molar-refractivity contribution is 0.121. The van der Waals surface area contributed by atoms with Gasteiger partial charge in [0.2, 0.25) is 5.95 Å². The molecule has 6 nitrogen and oxygen atoms in total. The molecule has 3 rings (SSSR count). The van der Waals surface area contributed by atoms with Gasteiger partial charge in [0.05, 0.1) is 25.8 Å². The van der Waals surface area contributed by atoms with Gasteiger partial charge in [-0.15, -0.1) is 10.2 Å². The van der Waals surface area contributed by atoms with Crippen molar-refractivity contribution < 1.29 is 4.74 Å². The van der Waals surface area contributed by atoms with Crippen molar-refractivity contribution in [2.45, 2.75) is 24.5 Å². The minimum absolute atomic E-state index is 0.580. The molecule has 0 radical (unpaired) electrons. The van der Waals surface area contributed by atoms with Gasteiger partial charge in [-0.25, -0.2) is 0 Å². The summed E-state index contributed by atoms with van der Waals surface area (Å²) in [6.45, 7) is 3.88. The molecule has 1 aromatic carbocycles. The number of hydrogen-bond acceptors (Lipinski definition) is 6. The molecular weight excluding hydrogens is 322 g/mol. The van der Waals surface area contributed by atoms with Crippen molar-refractivity contribution in [2.24, 2.45) is 0 Å². The first-order valence-corrected chi connectivity index (χ1v) is 9.16. The first-order valence-electron chi connectivity index (χ1n) is 8.18. The largest absolute Gasteiger partial charge is 0.378 e. The Bertz CT molecular complexity index is 676. The van der Waals surface area contributed by atoms with Crippen LogP contribution in [-0.2, 0) is 11.3 Å². The molecule has 0 spiro atoms. The number of anilines is 1. The van der Waals surface area contributed by atoms with Crippen LogP contribution in [0.3, 0.4) is 0 Å². The van der Waals surface area contributed by atoms with Crippen LogP contribution in [0.15, 0.2) is 35.5 Å². The highest BCUT2D eigenvalue weighted by Crippen LogP contribution is 2.24. The number of unbranched alkanes of at least 4 members (excludes halogenated alkanes) is 1. The zero-order valence-corrected chi connectivity index (χ0v) is 14.4. The lowest BCUT2D eigenvalue weighted by atomic mass is 10.2. The van der Waals surface area contributed by atoms with Gasteiger partial charge >= 0.3 is 0 Å². The van der Waals surface area contributed by atoms with Crippen LogP contribution < -0.4 is 4.90 Å². The van der Waals surface area contributed by atoms with Gasteiger partial charge < -0.3 is 9.64 Å². The predicted octanol–water partition coefficient (Wildman–Crippen LogP) is 2.56. The fourth-order valence-corrected chi connectivity index (χ4v) is 3.48. The summed E-state index contributed by atoms with van der Waals surface area (Å²) in [6, 6.07) is 12.5. The number of aromatic nitrogens is 3. The highest BCUT2D eigenvalue weighted by Gasteiger charge is 2.20. The summed E-state index contributed by atoms with van der Waals surface area (Å²) in [5, 5.41) is 18.4. The Kier molecular flexibility index (Phi) is 6.10. The molecule has 1 aliphatic rings. The molecular formula is C17H21N5OS. The quantitative estimate of drug-likeness (QED) is 0.568. The standard InChI is InChI=1S/C17H21N5OS/c18-8-4-5-13-24-17-20-19-16(21-9-11-23-12-10-21)22(17)14-15-6-2-1-3-7-15/h1-3,6-7H,4-5,9-14H2. The van der Waals surface area contributed by atoms with Gasteiger partial charge in [-0.1, -0.05) is 42.1 Å². The Morgan fingerprint density at radius 3 is 2.71 bits per heavy atom. The first-order chi connectivity index (χ1) is 11.9. The molecule has 0 bridgehead atoms. The third-order valence-electron chi connectivity index (χ3n) is 3.84. The molecule has 0 unspecified atom stereocenters. The molecule has 1 saturated heterocycles. The Labute approximate surface area is 146 Å². The monoisotopic (exact) mass is 343 g/mol. The van der Waals surface area contributed by atoms with Crippen molar-refractivity contribution in [3.05, 3.63) is 35.9 Å². The van der Waals surface area contributed by atoms with Gasteiger partial charge in [-0.3, -0.25) is 4.57 Å². The average Bonchev–Trinajstić information content (AvgIpc) is 3.03. The van der Waals surface area contributed by atoms with Crippen LogP contribution in [0.5, 0.6) is 0 Å². The van der Waals surface area contributed by atoms with E-state index >= 15 is 0 Å². The number of nitriles is 1. The summed E-state index contributed by atoms with van der Waals surface area (Å²) < 4.78 is 7.62. The zero-order valence-electron chi connectivity index (χ0n) is 13.6. The third kappa shape index (κ3) is 4.28. The Morgan fingerprint density at radius 2 is 1.96 bits per heavy atom. The molecule has 0 aliphatic carbocycles. The van der Waals surface area contributed by atoms with Gasteiger partial charge in [0, 0.05) is 25.3 Å². The minimum Gasteiger partial charge on any atom is -0.378 e. The molecule has 0 amide bonds. The predicted molar refractivity (Wildman–Crippen MR) is 94.2 cm³/mol. The van der Waals surface area contributed by atoms with Crippen molar-refractivity contribution in [3.8, 4) is 6.07 Å². The van der Waals surface area contributed by atoms with E-state index in [4.69, 9.17) is 10.00 Å². The van der Waals surface area contributed by atoms with Crippen LogP contribution in [-0.4, -0.2) is 46.8 Å². The number of hydrogen-bond donors (Lipinski definition) is 0. The lowest BCUT2D eigenvalue weighted by Gasteiger charge is -2.28. The molecule has 0 atom stereocenters. The normalized spacial score (nSPS) is 14.5. The fourth-order valence-electron chi connectivity index (χ4n) is 2.60. The number of benzene rings is 1. The first kappa shape index (κ1) is 16.8. The molecule has 0 saturated carbocycles. The van der Waals surface area contributed by atoms with E-state index in [1.807, 2.05) is 18.2 Å². The van der Waals surface area contributed by atoms with E-state index in [0.29, 0.717) is 6.42 Å². The Morgan fingerprint density at radius 1 is 1.17 bits per heavy atom. The van der Waals surface area contributed by atoms with E-state index in [2.05, 4.69) is 37.9 Å². The molecule has 1 aromatic heterocycles. The van der Waals surface area contributed by atoms with Gasteiger partial charge in [0.1, 0.15) is 0 Å². The second kappa shape index (κ2) is 8.71. The van der Waals surface area contributed by atoms with Crippen LogP contribution in [0, 0.1) is 11.3 Å². The molecule has 1 aliphatic heterocycles. The van der Waals surface area contributed by atoms with Crippen molar-refractivity contribution in [1.82, 2.24) is 14.8 Å². The molecule has 2 aromatic rings. The second-order valence-corrected chi connectivity index (χ2v) is 6.63. The lowest BCUT2D eigenvalue weighted by Crippen LogP contribution is -2.38. The van der Waals surface area contributed by atoms with E-state index in [9.17, 15) is 0 Å². The van der Waals surface area contributed by atoms with Gasteiger partial charge in [-0.2, -0.15) is 5.26 Å². The maximum atomic E-state index is 8.68. The van der Waals surface area contributed by atoms with Crippen molar-refractivity contribution in [2.75, 3.05) is 37.0 Å². The van der Waals surface area contributed by atoms with E-state index in [1.165, 1.54) is 5.56 Å². The van der Waals surface area contributed by atoms with Gasteiger partial charge in [0.15, 0.2) is 5.16 Å². The van der Waals surface area contributed by atoms with Gasteiger partial charge in [-0.05, 0) is 12.0 Å². The van der Waals surface area contributed by atoms with Crippen LogP contribution in [0.4, 0.5) is 5.95 Å². The summed E-state index contributed by atoms with van der Waals surface area (Å²) in [4.78, 5) is 2.23. The van der Waals surface area contributed by atoms with E-state index in [-0.39, 0.29) is 0 Å². The van der Waals surface area contributed by atoms with E-state index in [0.717, 1.165) is 56.1 Å². The van der Waals surface area contributed by atoms with E-state index in [1.54, 1.807) is 11.8 Å². The molecule has 1 fully saturated rings. The SMILES string of the molecule is N#CCCCSc1nnc(N2CCOCC2)n1Cc1ccccc1. The number of morpholine rings is 1. The summed E-state index contributed by atoms with van der Waals surface area (Å²) in [7, 11) is 0. The second-order valence-electron chi connectivity index (χ2n) is 5.56. The number of ether oxygens (including phenoxy) is 1. The smallest absolute Gasteiger partial charge is 0.228 e. The Balaban J connectivity index is 1.79. The minimum atomic E-state index is 0.580. The number of thioether (sulfide) groups is 1. The summed E-state index contributed by atoms with van der Waals surface area (Å²) in [5.41, 5.74) is 1.23. The fraction of sp³-hybridized carbons (Fsp3) is 0.471. The molecule has 126 valence electrons. The molecule has 0 N–H and O–H groups in total. The van der Waals surface area contributed by atoms with Crippen LogP contribution >= 0.6 is 11.8 Å². The van der Waals surface area contributed by atoms with E-state index < -0.39 is 0 Å². The van der Waals surface area contributed by atoms with Crippen LogP contribution in [0.2, 0.25) is 0 Å². The highest BCUT2D eigenvalue weighted by molar-refractivity contribution is 7.99. The van der Waals surface area contributed by atoms with Crippen molar-refractivity contribution in [1.29, 1.82) is 5.26 Å². The summed E-state index contributed by atoms with van der Waals surface area (Å²) >= 11 is 1.67. The molecule has 7 heteroatoms. The third-order valence-corrected chi connectivity index (χ3v) is 4.89. The zero-order chi connectivity index (χ0) is 16.6. The van der Waals surface area contributed by atoms with Crippen LogP contribution in [0.25, 0.3) is 0 Å². The number of nitrogens with zero attached hydrogens (tertiary/aromatic N) is 5. The summed E-state index contributed by atoms with van der Waals surface area (Å²) in [6.07, 6.45) is 1.45. The molecule has 2 heterocycles. The topological polar surface area (TPSA) is 67.0 Å². The average molecular weight is 343 g/mol. The number of rotatable bonds is 7. The Hall–Kier alpha value is -2.04. The highest BCUT2D eigenvalue weighted by atomic mass is 32.2. The van der Waals surface area contributed by atoms with Crippen molar-refractivity contribution in [3.63, 3.8) is 0 Å². The van der Waals surface area contributed by atoms with Gasteiger partial charge in [0.25, 0.3) is 0 Å². The van der Waals surface area contributed by atoms with Crippen LogP contribution in [0.1, 0.15) is 18.4 Å². The van der Waals surface area contributed by atoms with Crippen molar-refractivity contribution >= 4 is 17.7 Å². The molecule has 24 heavy (non-hydrogen) atoms.